The van der Waals surface area contributed by atoms with E-state index in [0.29, 0.717) is 6.04 Å². The molecule has 3 heteroatoms. The van der Waals surface area contributed by atoms with E-state index in [2.05, 4.69) is 32.6 Å². The number of ether oxygens (including phenoxy) is 1. The first kappa shape index (κ1) is 11.6. The first-order chi connectivity index (χ1) is 7.39. The zero-order valence-electron chi connectivity index (χ0n) is 10.2. The molecular weight excluding hydrogens is 222 g/mol. The zero-order valence-corrected chi connectivity index (χ0v) is 11.0. The van der Waals surface area contributed by atoms with E-state index in [-0.39, 0.29) is 5.54 Å². The van der Waals surface area contributed by atoms with Gasteiger partial charge >= 0.3 is 0 Å². The lowest BCUT2D eigenvalue weighted by Gasteiger charge is -2.45. The van der Waals surface area contributed by atoms with Crippen LogP contribution < -0.4 is 9.64 Å². The van der Waals surface area contributed by atoms with Gasteiger partial charge in [-0.3, -0.25) is 0 Å². The van der Waals surface area contributed by atoms with Gasteiger partial charge in [-0.2, -0.15) is 0 Å². The van der Waals surface area contributed by atoms with Crippen molar-refractivity contribution < 1.29 is 4.74 Å². The van der Waals surface area contributed by atoms with Gasteiger partial charge in [0.2, 0.25) is 0 Å². The Bertz CT molecular complexity index is 397. The van der Waals surface area contributed by atoms with Crippen molar-refractivity contribution in [3.63, 3.8) is 0 Å². The van der Waals surface area contributed by atoms with E-state index in [1.807, 2.05) is 18.2 Å². The van der Waals surface area contributed by atoms with Gasteiger partial charge in [-0.25, -0.2) is 0 Å². The van der Waals surface area contributed by atoms with Crippen molar-refractivity contribution >= 4 is 17.3 Å². The Morgan fingerprint density at radius 1 is 1.38 bits per heavy atom. The van der Waals surface area contributed by atoms with Crippen molar-refractivity contribution in [1.29, 1.82) is 0 Å². The van der Waals surface area contributed by atoms with Crippen LogP contribution in [0.5, 0.6) is 5.75 Å². The molecule has 2 nitrogen and oxygen atoms in total. The molecule has 0 saturated heterocycles. The second-order valence-electron chi connectivity index (χ2n) is 5.31. The Morgan fingerprint density at radius 2 is 2.06 bits per heavy atom. The van der Waals surface area contributed by atoms with Gasteiger partial charge < -0.3 is 9.64 Å². The number of hydrogen-bond acceptors (Lipinski definition) is 2. The molecule has 1 aliphatic heterocycles. The van der Waals surface area contributed by atoms with Crippen molar-refractivity contribution in [1.82, 2.24) is 0 Å². The molecule has 0 bridgehead atoms. The van der Waals surface area contributed by atoms with Crippen LogP contribution in [0.15, 0.2) is 18.2 Å². The molecule has 1 aliphatic rings. The van der Waals surface area contributed by atoms with E-state index < -0.39 is 0 Å². The highest BCUT2D eigenvalue weighted by molar-refractivity contribution is 6.31. The minimum Gasteiger partial charge on any atom is -0.489 e. The SMILES string of the molecule is CC1COc2ccc(Cl)cc2N1C(C)(C)C. The fourth-order valence-corrected chi connectivity index (χ4v) is 2.51. The van der Waals surface area contributed by atoms with Crippen molar-refractivity contribution in [3.05, 3.63) is 23.2 Å². The van der Waals surface area contributed by atoms with Crippen LogP contribution in [0, 0.1) is 0 Å². The molecule has 16 heavy (non-hydrogen) atoms. The van der Waals surface area contributed by atoms with Crippen LogP contribution >= 0.6 is 11.6 Å². The second-order valence-corrected chi connectivity index (χ2v) is 5.75. The molecule has 1 atom stereocenters. The molecule has 0 spiro atoms. The van der Waals surface area contributed by atoms with Gasteiger partial charge in [0, 0.05) is 10.6 Å². The van der Waals surface area contributed by atoms with Gasteiger partial charge in [0.15, 0.2) is 0 Å². The first-order valence-electron chi connectivity index (χ1n) is 5.61. The van der Waals surface area contributed by atoms with Crippen molar-refractivity contribution in [2.24, 2.45) is 0 Å². The monoisotopic (exact) mass is 239 g/mol. The lowest BCUT2D eigenvalue weighted by molar-refractivity contribution is 0.248. The van der Waals surface area contributed by atoms with E-state index in [1.165, 1.54) is 0 Å². The summed E-state index contributed by atoms with van der Waals surface area (Å²) in [6.45, 7) is 9.53. The summed E-state index contributed by atoms with van der Waals surface area (Å²) in [7, 11) is 0. The third-order valence-corrected chi connectivity index (χ3v) is 3.06. The molecule has 0 aromatic heterocycles. The highest BCUT2D eigenvalue weighted by atomic mass is 35.5. The van der Waals surface area contributed by atoms with E-state index in [1.54, 1.807) is 0 Å². The maximum atomic E-state index is 6.06. The molecular formula is C13H18ClNO. The van der Waals surface area contributed by atoms with Gasteiger partial charge in [-0.15, -0.1) is 0 Å². The molecule has 0 fully saturated rings. The summed E-state index contributed by atoms with van der Waals surface area (Å²) in [6, 6.07) is 6.17. The Kier molecular flexibility index (Phi) is 2.79. The quantitative estimate of drug-likeness (QED) is 0.684. The number of halogens is 1. The van der Waals surface area contributed by atoms with Gasteiger partial charge in [0.1, 0.15) is 12.4 Å². The predicted molar refractivity (Wildman–Crippen MR) is 68.6 cm³/mol. The highest BCUT2D eigenvalue weighted by Gasteiger charge is 2.32. The highest BCUT2D eigenvalue weighted by Crippen LogP contribution is 2.39. The maximum Gasteiger partial charge on any atom is 0.142 e. The third-order valence-electron chi connectivity index (χ3n) is 2.82. The Hall–Kier alpha value is -0.890. The third kappa shape index (κ3) is 1.99. The van der Waals surface area contributed by atoms with Crippen LogP contribution in [-0.4, -0.2) is 18.2 Å². The number of benzene rings is 1. The summed E-state index contributed by atoms with van der Waals surface area (Å²) in [5.41, 5.74) is 1.17. The standard InChI is InChI=1S/C13H18ClNO/c1-9-8-16-12-6-5-10(14)7-11(12)15(9)13(2,3)4/h5-7,9H,8H2,1-4H3. The van der Waals surface area contributed by atoms with Crippen LogP contribution in [0.4, 0.5) is 5.69 Å². The van der Waals surface area contributed by atoms with Gasteiger partial charge in [0.25, 0.3) is 0 Å². The van der Waals surface area contributed by atoms with Crippen molar-refractivity contribution in [2.45, 2.75) is 39.3 Å². The molecule has 0 aliphatic carbocycles. The number of fused-ring (bicyclic) bond motifs is 1. The molecule has 0 radical (unpaired) electrons. The second kappa shape index (κ2) is 3.85. The molecule has 1 unspecified atom stereocenters. The average Bonchev–Trinajstić information content (AvgIpc) is 2.14. The largest absolute Gasteiger partial charge is 0.489 e. The van der Waals surface area contributed by atoms with E-state index in [4.69, 9.17) is 16.3 Å². The Labute approximate surface area is 102 Å². The molecule has 0 amide bonds. The number of hydrogen-bond donors (Lipinski definition) is 0. The van der Waals surface area contributed by atoms with Gasteiger partial charge in [-0.05, 0) is 45.9 Å². The molecule has 1 aromatic rings. The normalized spacial score (nSPS) is 20.3. The number of rotatable bonds is 0. The summed E-state index contributed by atoms with van der Waals surface area (Å²) >= 11 is 6.06. The lowest BCUT2D eigenvalue weighted by Crippen LogP contribution is -2.51. The van der Waals surface area contributed by atoms with Crippen LogP contribution in [0.3, 0.4) is 0 Å². The fraction of sp³-hybridized carbons (Fsp3) is 0.538. The summed E-state index contributed by atoms with van der Waals surface area (Å²) in [6.07, 6.45) is 0. The topological polar surface area (TPSA) is 12.5 Å². The molecule has 0 saturated carbocycles. The Balaban J connectivity index is 2.51. The lowest BCUT2D eigenvalue weighted by atomic mass is 10.0. The number of anilines is 1. The average molecular weight is 240 g/mol. The van der Waals surface area contributed by atoms with Crippen molar-refractivity contribution in [3.8, 4) is 5.75 Å². The van der Waals surface area contributed by atoms with E-state index >= 15 is 0 Å². The molecule has 2 rings (SSSR count). The molecule has 1 aromatic carbocycles. The fourth-order valence-electron chi connectivity index (χ4n) is 2.35. The summed E-state index contributed by atoms with van der Waals surface area (Å²) in [5, 5.41) is 0.755. The predicted octanol–water partition coefficient (Wildman–Crippen LogP) is 3.73. The smallest absolute Gasteiger partial charge is 0.142 e. The Morgan fingerprint density at radius 3 is 2.69 bits per heavy atom. The van der Waals surface area contributed by atoms with E-state index in [0.717, 1.165) is 23.1 Å². The molecule has 0 N–H and O–H groups in total. The zero-order chi connectivity index (χ0) is 11.9. The molecule has 1 heterocycles. The summed E-state index contributed by atoms with van der Waals surface area (Å²) < 4.78 is 5.72. The minimum atomic E-state index is 0.0721. The van der Waals surface area contributed by atoms with Crippen LogP contribution in [-0.2, 0) is 0 Å². The van der Waals surface area contributed by atoms with Crippen LogP contribution in [0.25, 0.3) is 0 Å². The summed E-state index contributed by atoms with van der Waals surface area (Å²) in [4.78, 5) is 2.37. The van der Waals surface area contributed by atoms with Crippen molar-refractivity contribution in [2.75, 3.05) is 11.5 Å². The minimum absolute atomic E-state index is 0.0721. The molecule has 88 valence electrons. The first-order valence-corrected chi connectivity index (χ1v) is 5.99. The van der Waals surface area contributed by atoms with Crippen LogP contribution in [0.2, 0.25) is 5.02 Å². The van der Waals surface area contributed by atoms with Gasteiger partial charge in [0.05, 0.1) is 11.7 Å². The van der Waals surface area contributed by atoms with Gasteiger partial charge in [-0.1, -0.05) is 11.6 Å². The number of nitrogens with zero attached hydrogens (tertiary/aromatic N) is 1. The van der Waals surface area contributed by atoms with Crippen LogP contribution in [0.1, 0.15) is 27.7 Å². The van der Waals surface area contributed by atoms with E-state index in [9.17, 15) is 0 Å². The summed E-state index contributed by atoms with van der Waals surface area (Å²) in [5.74, 6) is 0.928. The maximum absolute atomic E-state index is 6.06.